The fourth-order valence-electron chi connectivity index (χ4n) is 0.286. The highest BCUT2D eigenvalue weighted by Crippen LogP contribution is 1.88. The monoisotopic (exact) mass is 148 g/mol. The van der Waals surface area contributed by atoms with E-state index < -0.39 is 0 Å². The number of hydrogen-bond donors (Lipinski definition) is 1. The smallest absolute Gasteiger partial charge is 0.304 e. The fourth-order valence-corrected chi connectivity index (χ4v) is 0.286. The van der Waals surface area contributed by atoms with E-state index in [4.69, 9.17) is 9.84 Å². The lowest BCUT2D eigenvalue weighted by Crippen LogP contribution is -2.16. The average molecular weight is 148 g/mol. The number of esters is 1. The minimum absolute atomic E-state index is 0.0682. The van der Waals surface area contributed by atoms with Gasteiger partial charge in [0, 0.05) is 6.92 Å². The Morgan fingerprint density at radius 1 is 1.70 bits per heavy atom. The molecule has 10 heavy (non-hydrogen) atoms. The molecule has 0 aliphatic heterocycles. The van der Waals surface area contributed by atoms with Crippen molar-refractivity contribution in [2.75, 3.05) is 13.4 Å². The van der Waals surface area contributed by atoms with Gasteiger partial charge in [0.25, 0.3) is 0 Å². The molecule has 4 heteroatoms. The van der Waals surface area contributed by atoms with Gasteiger partial charge in [-0.3, -0.25) is 4.79 Å². The Balaban J connectivity index is 3.11. The highest BCUT2D eigenvalue weighted by Gasteiger charge is 1.99. The summed E-state index contributed by atoms with van der Waals surface area (Å²) in [7, 11) is 0. The Morgan fingerprint density at radius 2 is 2.30 bits per heavy atom. The highest BCUT2D eigenvalue weighted by molar-refractivity contribution is 5.65. The summed E-state index contributed by atoms with van der Waals surface area (Å²) in [4.78, 5) is 10.1. The summed E-state index contributed by atoms with van der Waals surface area (Å²) in [6, 6.07) is 0. The average Bonchev–Trinajstić information content (AvgIpc) is 1.87. The SMILES string of the molecule is CC(=O)OCOC(C)CO. The van der Waals surface area contributed by atoms with E-state index in [9.17, 15) is 4.79 Å². The third-order valence-electron chi connectivity index (χ3n) is 0.872. The zero-order valence-corrected chi connectivity index (χ0v) is 6.16. The maximum atomic E-state index is 10.1. The van der Waals surface area contributed by atoms with Crippen LogP contribution in [0.2, 0.25) is 0 Å². The van der Waals surface area contributed by atoms with Crippen molar-refractivity contribution < 1.29 is 19.4 Å². The van der Waals surface area contributed by atoms with Crippen LogP contribution >= 0.6 is 0 Å². The Bertz CT molecular complexity index is 102. The molecule has 0 spiro atoms. The van der Waals surface area contributed by atoms with Crippen molar-refractivity contribution in [3.8, 4) is 0 Å². The molecule has 0 bridgehead atoms. The van der Waals surface area contributed by atoms with Gasteiger partial charge in [-0.15, -0.1) is 0 Å². The van der Waals surface area contributed by atoms with E-state index in [0.29, 0.717) is 0 Å². The third kappa shape index (κ3) is 5.53. The van der Waals surface area contributed by atoms with Crippen LogP contribution in [0.5, 0.6) is 0 Å². The molecule has 0 saturated carbocycles. The minimum Gasteiger partial charge on any atom is -0.439 e. The number of rotatable bonds is 4. The van der Waals surface area contributed by atoms with E-state index in [1.165, 1.54) is 6.92 Å². The molecule has 0 saturated heterocycles. The van der Waals surface area contributed by atoms with E-state index in [1.807, 2.05) is 0 Å². The van der Waals surface area contributed by atoms with Gasteiger partial charge in [0.05, 0.1) is 12.7 Å². The Morgan fingerprint density at radius 3 is 2.70 bits per heavy atom. The van der Waals surface area contributed by atoms with Crippen molar-refractivity contribution in [3.63, 3.8) is 0 Å². The van der Waals surface area contributed by atoms with Gasteiger partial charge < -0.3 is 14.6 Å². The van der Waals surface area contributed by atoms with Crippen molar-refractivity contribution in [1.82, 2.24) is 0 Å². The van der Waals surface area contributed by atoms with Crippen LogP contribution in [0.4, 0.5) is 0 Å². The lowest BCUT2D eigenvalue weighted by Gasteiger charge is -2.08. The molecule has 0 aromatic heterocycles. The number of ether oxygens (including phenoxy) is 2. The summed E-state index contributed by atoms with van der Waals surface area (Å²) in [5.41, 5.74) is 0. The van der Waals surface area contributed by atoms with E-state index in [2.05, 4.69) is 4.74 Å². The van der Waals surface area contributed by atoms with Crippen molar-refractivity contribution >= 4 is 5.97 Å². The molecule has 1 unspecified atom stereocenters. The molecule has 4 nitrogen and oxygen atoms in total. The molecule has 0 aliphatic rings. The van der Waals surface area contributed by atoms with Crippen LogP contribution < -0.4 is 0 Å². The quantitative estimate of drug-likeness (QED) is 0.447. The van der Waals surface area contributed by atoms with Gasteiger partial charge in [-0.25, -0.2) is 0 Å². The maximum Gasteiger partial charge on any atom is 0.304 e. The van der Waals surface area contributed by atoms with E-state index in [0.717, 1.165) is 0 Å². The number of carbonyl (C=O) groups excluding carboxylic acids is 1. The predicted octanol–water partition coefficient (Wildman–Crippen LogP) is -0.0956. The summed E-state index contributed by atoms with van der Waals surface area (Å²) in [5, 5.41) is 8.43. The zero-order chi connectivity index (χ0) is 7.98. The third-order valence-corrected chi connectivity index (χ3v) is 0.872. The van der Waals surface area contributed by atoms with Crippen molar-refractivity contribution in [2.45, 2.75) is 20.0 Å². The van der Waals surface area contributed by atoms with Crippen molar-refractivity contribution in [2.24, 2.45) is 0 Å². The van der Waals surface area contributed by atoms with E-state index in [-0.39, 0.29) is 25.5 Å². The molecule has 0 aliphatic carbocycles. The first-order chi connectivity index (χ1) is 4.66. The first-order valence-electron chi connectivity index (χ1n) is 3.02. The summed E-state index contributed by atoms with van der Waals surface area (Å²) < 4.78 is 9.25. The Kier molecular flexibility index (Phi) is 4.88. The van der Waals surface area contributed by atoms with Crippen molar-refractivity contribution in [3.05, 3.63) is 0 Å². The topological polar surface area (TPSA) is 55.8 Å². The molecule has 0 rings (SSSR count). The van der Waals surface area contributed by atoms with Crippen LogP contribution in [0.3, 0.4) is 0 Å². The van der Waals surface area contributed by atoms with E-state index in [1.54, 1.807) is 6.92 Å². The largest absolute Gasteiger partial charge is 0.439 e. The molecule has 0 radical (unpaired) electrons. The molecule has 0 aromatic rings. The summed E-state index contributed by atoms with van der Waals surface area (Å²) in [6.07, 6.45) is -0.278. The first-order valence-corrected chi connectivity index (χ1v) is 3.02. The van der Waals surface area contributed by atoms with Gasteiger partial charge in [0.2, 0.25) is 0 Å². The molecule has 0 heterocycles. The molecule has 1 N–H and O–H groups in total. The van der Waals surface area contributed by atoms with Gasteiger partial charge in [-0.05, 0) is 6.92 Å². The molecule has 1 atom stereocenters. The van der Waals surface area contributed by atoms with Crippen LogP contribution in [-0.4, -0.2) is 30.6 Å². The second kappa shape index (κ2) is 5.20. The lowest BCUT2D eigenvalue weighted by molar-refractivity contribution is -0.159. The van der Waals surface area contributed by atoms with Gasteiger partial charge in [0.1, 0.15) is 0 Å². The summed E-state index contributed by atoms with van der Waals surface area (Å²) in [5.74, 6) is -0.384. The van der Waals surface area contributed by atoms with Crippen LogP contribution in [0.1, 0.15) is 13.8 Å². The number of aliphatic hydroxyl groups excluding tert-OH is 1. The van der Waals surface area contributed by atoms with Gasteiger partial charge >= 0.3 is 5.97 Å². The second-order valence-corrected chi connectivity index (χ2v) is 1.91. The first kappa shape index (κ1) is 9.39. The maximum absolute atomic E-state index is 10.1. The van der Waals surface area contributed by atoms with Gasteiger partial charge in [-0.2, -0.15) is 0 Å². The van der Waals surface area contributed by atoms with E-state index >= 15 is 0 Å². The van der Waals surface area contributed by atoms with Gasteiger partial charge in [-0.1, -0.05) is 0 Å². The van der Waals surface area contributed by atoms with Gasteiger partial charge in [0.15, 0.2) is 6.79 Å². The number of aliphatic hydroxyl groups is 1. The highest BCUT2D eigenvalue weighted by atomic mass is 16.7. The Labute approximate surface area is 59.7 Å². The predicted molar refractivity (Wildman–Crippen MR) is 34.3 cm³/mol. The van der Waals surface area contributed by atoms with Crippen LogP contribution in [-0.2, 0) is 14.3 Å². The molecular weight excluding hydrogens is 136 g/mol. The fraction of sp³-hybridized carbons (Fsp3) is 0.833. The molecule has 0 fully saturated rings. The number of hydrogen-bond acceptors (Lipinski definition) is 4. The summed E-state index contributed by atoms with van der Waals surface area (Å²) >= 11 is 0. The standard InChI is InChI=1S/C6H12O4/c1-5(3-7)9-4-10-6(2)8/h5,7H,3-4H2,1-2H3. The lowest BCUT2D eigenvalue weighted by atomic mass is 10.4. The molecule has 60 valence electrons. The van der Waals surface area contributed by atoms with Crippen LogP contribution in [0, 0.1) is 0 Å². The molecule has 0 aromatic carbocycles. The minimum atomic E-state index is -0.384. The molecular formula is C6H12O4. The normalized spacial score (nSPS) is 12.7. The second-order valence-electron chi connectivity index (χ2n) is 1.91. The Hall–Kier alpha value is -0.610. The summed E-state index contributed by atoms with van der Waals surface area (Å²) in [6.45, 7) is 2.83. The molecule has 0 amide bonds. The zero-order valence-electron chi connectivity index (χ0n) is 6.16. The van der Waals surface area contributed by atoms with Crippen LogP contribution in [0.15, 0.2) is 0 Å². The van der Waals surface area contributed by atoms with Crippen molar-refractivity contribution in [1.29, 1.82) is 0 Å². The number of carbonyl (C=O) groups is 1. The van der Waals surface area contributed by atoms with Crippen LogP contribution in [0.25, 0.3) is 0 Å².